The molecule has 2 aromatic carbocycles. The minimum absolute atomic E-state index is 0.627. The quantitative estimate of drug-likeness (QED) is 0.761. The molecule has 3 rings (SSSR count). The van der Waals surface area contributed by atoms with Crippen LogP contribution in [0.15, 0.2) is 67.0 Å². The van der Waals surface area contributed by atoms with Crippen LogP contribution in [0.5, 0.6) is 11.5 Å². The van der Waals surface area contributed by atoms with Crippen LogP contribution in [0.25, 0.3) is 11.1 Å². The van der Waals surface area contributed by atoms with Gasteiger partial charge in [0.05, 0.1) is 5.56 Å². The van der Waals surface area contributed by atoms with Crippen molar-refractivity contribution in [3.63, 3.8) is 0 Å². The average molecular weight is 260 g/mol. The molecule has 0 unspecified atom stereocenters. The van der Waals surface area contributed by atoms with Crippen molar-refractivity contribution in [2.75, 3.05) is 0 Å². The van der Waals surface area contributed by atoms with E-state index in [1.165, 1.54) is 0 Å². The maximum absolute atomic E-state index is 9.07. The summed E-state index contributed by atoms with van der Waals surface area (Å²) >= 11 is 0. The number of aromatic nitrogens is 1. The molecule has 0 aliphatic heterocycles. The van der Waals surface area contributed by atoms with Gasteiger partial charge in [-0.1, -0.05) is 30.3 Å². The van der Waals surface area contributed by atoms with Gasteiger partial charge in [-0.15, -0.1) is 0 Å². The second-order valence-electron chi connectivity index (χ2n) is 4.34. The molecule has 0 bridgehead atoms. The number of H-pyrrole nitrogens is 1. The lowest BCUT2D eigenvalue weighted by Crippen LogP contribution is -1.85. The summed E-state index contributed by atoms with van der Waals surface area (Å²) in [6, 6.07) is 19.5. The maximum atomic E-state index is 9.07. The molecule has 20 heavy (non-hydrogen) atoms. The standard InChI is InChI=1S/C17H12N2O/c18-10-14-11-19-12-17(14)13-5-4-8-16(9-13)20-15-6-2-1-3-7-15/h1-9,11-12,19H. The molecule has 3 aromatic rings. The van der Waals surface area contributed by atoms with Crippen molar-refractivity contribution in [1.29, 1.82) is 5.26 Å². The van der Waals surface area contributed by atoms with Crippen LogP contribution in [0.2, 0.25) is 0 Å². The Hall–Kier alpha value is -2.99. The number of nitrogens with one attached hydrogen (secondary N) is 1. The van der Waals surface area contributed by atoms with E-state index >= 15 is 0 Å². The van der Waals surface area contributed by atoms with Gasteiger partial charge in [0, 0.05) is 18.0 Å². The van der Waals surface area contributed by atoms with Crippen molar-refractivity contribution in [2.24, 2.45) is 0 Å². The molecule has 0 aliphatic carbocycles. The van der Waals surface area contributed by atoms with Crippen LogP contribution in [-0.2, 0) is 0 Å². The number of hydrogen-bond donors (Lipinski definition) is 1. The van der Waals surface area contributed by atoms with E-state index in [4.69, 9.17) is 10.00 Å². The summed E-state index contributed by atoms with van der Waals surface area (Å²) in [5.41, 5.74) is 2.46. The Kier molecular flexibility index (Phi) is 3.22. The Morgan fingerprint density at radius 1 is 0.900 bits per heavy atom. The molecule has 96 valence electrons. The van der Waals surface area contributed by atoms with E-state index in [1.807, 2.05) is 60.8 Å². The first kappa shape index (κ1) is 12.1. The maximum Gasteiger partial charge on any atom is 0.128 e. The number of benzene rings is 2. The van der Waals surface area contributed by atoms with Crippen molar-refractivity contribution in [1.82, 2.24) is 4.98 Å². The van der Waals surface area contributed by atoms with Gasteiger partial charge >= 0.3 is 0 Å². The summed E-state index contributed by atoms with van der Waals surface area (Å²) in [6.45, 7) is 0. The molecule has 0 saturated heterocycles. The summed E-state index contributed by atoms with van der Waals surface area (Å²) in [5.74, 6) is 1.54. The van der Waals surface area contributed by atoms with Crippen LogP contribution in [0.4, 0.5) is 0 Å². The molecule has 3 nitrogen and oxygen atoms in total. The van der Waals surface area contributed by atoms with Gasteiger partial charge in [0.25, 0.3) is 0 Å². The number of para-hydroxylation sites is 1. The minimum Gasteiger partial charge on any atom is -0.457 e. The molecular weight excluding hydrogens is 248 g/mol. The first-order chi connectivity index (χ1) is 9.86. The second-order valence-corrected chi connectivity index (χ2v) is 4.34. The molecule has 1 N–H and O–H groups in total. The molecule has 0 fully saturated rings. The van der Waals surface area contributed by atoms with E-state index in [-0.39, 0.29) is 0 Å². The zero-order chi connectivity index (χ0) is 13.8. The second kappa shape index (κ2) is 5.33. The van der Waals surface area contributed by atoms with E-state index in [2.05, 4.69) is 11.1 Å². The zero-order valence-corrected chi connectivity index (χ0v) is 10.7. The van der Waals surface area contributed by atoms with Crippen LogP contribution < -0.4 is 4.74 Å². The third-order valence-corrected chi connectivity index (χ3v) is 2.99. The van der Waals surface area contributed by atoms with Crippen molar-refractivity contribution in [3.05, 3.63) is 72.6 Å². The van der Waals surface area contributed by atoms with Crippen LogP contribution >= 0.6 is 0 Å². The summed E-state index contributed by atoms with van der Waals surface area (Å²) in [7, 11) is 0. The first-order valence-electron chi connectivity index (χ1n) is 6.27. The minimum atomic E-state index is 0.627. The zero-order valence-electron chi connectivity index (χ0n) is 10.7. The lowest BCUT2D eigenvalue weighted by atomic mass is 10.1. The van der Waals surface area contributed by atoms with Crippen LogP contribution in [0, 0.1) is 11.3 Å². The van der Waals surface area contributed by atoms with Gasteiger partial charge in [0.1, 0.15) is 17.6 Å². The topological polar surface area (TPSA) is 48.8 Å². The molecule has 0 aliphatic rings. The SMILES string of the molecule is N#Cc1c[nH]cc1-c1cccc(Oc2ccccc2)c1. The summed E-state index contributed by atoms with van der Waals surface area (Å²) in [4.78, 5) is 2.95. The van der Waals surface area contributed by atoms with Gasteiger partial charge in [-0.25, -0.2) is 0 Å². The summed E-state index contributed by atoms with van der Waals surface area (Å²) in [5, 5.41) is 9.07. The lowest BCUT2D eigenvalue weighted by Gasteiger charge is -2.07. The summed E-state index contributed by atoms with van der Waals surface area (Å²) in [6.07, 6.45) is 3.51. The number of nitrogens with zero attached hydrogens (tertiary/aromatic N) is 1. The Morgan fingerprint density at radius 3 is 2.50 bits per heavy atom. The Balaban J connectivity index is 1.93. The fourth-order valence-corrected chi connectivity index (χ4v) is 2.05. The van der Waals surface area contributed by atoms with Crippen molar-refractivity contribution in [3.8, 4) is 28.7 Å². The van der Waals surface area contributed by atoms with Crippen LogP contribution in [0.3, 0.4) is 0 Å². The molecule has 0 amide bonds. The fourth-order valence-electron chi connectivity index (χ4n) is 2.05. The molecule has 1 heterocycles. The number of ether oxygens (including phenoxy) is 1. The highest BCUT2D eigenvalue weighted by Gasteiger charge is 2.07. The van der Waals surface area contributed by atoms with E-state index in [1.54, 1.807) is 6.20 Å². The lowest BCUT2D eigenvalue weighted by molar-refractivity contribution is 0.483. The monoisotopic (exact) mass is 260 g/mol. The third kappa shape index (κ3) is 2.40. The van der Waals surface area contributed by atoms with Gasteiger partial charge in [-0.3, -0.25) is 0 Å². The van der Waals surface area contributed by atoms with Crippen molar-refractivity contribution >= 4 is 0 Å². The molecule has 1 aromatic heterocycles. The number of hydrogen-bond acceptors (Lipinski definition) is 2. The van der Waals surface area contributed by atoms with Gasteiger partial charge in [0.2, 0.25) is 0 Å². The highest BCUT2D eigenvalue weighted by atomic mass is 16.5. The Bertz CT molecular complexity index is 754. The predicted molar refractivity (Wildman–Crippen MR) is 77.5 cm³/mol. The van der Waals surface area contributed by atoms with E-state index in [0.717, 1.165) is 22.6 Å². The van der Waals surface area contributed by atoms with Crippen LogP contribution in [0.1, 0.15) is 5.56 Å². The van der Waals surface area contributed by atoms with Crippen molar-refractivity contribution < 1.29 is 4.74 Å². The Labute approximate surface area is 117 Å². The Morgan fingerprint density at radius 2 is 1.70 bits per heavy atom. The van der Waals surface area contributed by atoms with Gasteiger partial charge in [-0.05, 0) is 29.8 Å². The van der Waals surface area contributed by atoms with Crippen LogP contribution in [-0.4, -0.2) is 4.98 Å². The normalized spacial score (nSPS) is 9.95. The molecular formula is C17H12N2O. The molecule has 3 heteroatoms. The van der Waals surface area contributed by atoms with E-state index in [9.17, 15) is 0 Å². The predicted octanol–water partition coefficient (Wildman–Crippen LogP) is 4.35. The molecule has 0 saturated carbocycles. The molecule has 0 spiro atoms. The fraction of sp³-hybridized carbons (Fsp3) is 0. The smallest absolute Gasteiger partial charge is 0.128 e. The summed E-state index contributed by atoms with van der Waals surface area (Å²) < 4.78 is 5.80. The molecule has 0 radical (unpaired) electrons. The third-order valence-electron chi connectivity index (χ3n) is 2.99. The number of aromatic amines is 1. The van der Waals surface area contributed by atoms with Gasteiger partial charge in [-0.2, -0.15) is 5.26 Å². The molecule has 0 atom stereocenters. The van der Waals surface area contributed by atoms with Gasteiger partial charge < -0.3 is 9.72 Å². The van der Waals surface area contributed by atoms with E-state index < -0.39 is 0 Å². The first-order valence-corrected chi connectivity index (χ1v) is 6.27. The highest BCUT2D eigenvalue weighted by Crippen LogP contribution is 2.28. The average Bonchev–Trinajstić information content (AvgIpc) is 2.97. The number of nitriles is 1. The van der Waals surface area contributed by atoms with Crippen molar-refractivity contribution in [2.45, 2.75) is 0 Å². The van der Waals surface area contributed by atoms with E-state index in [0.29, 0.717) is 5.56 Å². The largest absolute Gasteiger partial charge is 0.457 e. The highest BCUT2D eigenvalue weighted by molar-refractivity contribution is 5.71. The van der Waals surface area contributed by atoms with Gasteiger partial charge in [0.15, 0.2) is 0 Å². The number of rotatable bonds is 3.